The van der Waals surface area contributed by atoms with E-state index in [9.17, 15) is 9.59 Å². The number of para-hydroxylation sites is 1. The van der Waals surface area contributed by atoms with Crippen molar-refractivity contribution in [1.82, 2.24) is 14.5 Å². The summed E-state index contributed by atoms with van der Waals surface area (Å²) in [5, 5.41) is 6.01. The van der Waals surface area contributed by atoms with Crippen LogP contribution in [0.1, 0.15) is 23.6 Å². The summed E-state index contributed by atoms with van der Waals surface area (Å²) >= 11 is 7.54. The molecule has 1 N–H and O–H groups in total. The number of anilines is 1. The number of hydrogen-bond donors (Lipinski definition) is 1. The number of hydrogen-bond acceptors (Lipinski definition) is 9. The second kappa shape index (κ2) is 10.9. The maximum absolute atomic E-state index is 13.8. The van der Waals surface area contributed by atoms with Gasteiger partial charge in [-0.15, -0.1) is 11.3 Å². The molecular formula is C27H18BrN5O3S3. The fourth-order valence-corrected chi connectivity index (χ4v) is 7.19. The number of thiophene rings is 1. The first-order valence-corrected chi connectivity index (χ1v) is 14.9. The van der Waals surface area contributed by atoms with E-state index in [0.717, 1.165) is 9.35 Å². The molecule has 0 bridgehead atoms. The van der Waals surface area contributed by atoms with Crippen molar-refractivity contribution in [2.75, 3.05) is 5.32 Å². The number of carbonyl (C=O) groups is 1. The van der Waals surface area contributed by atoms with Crippen LogP contribution in [0.2, 0.25) is 0 Å². The van der Waals surface area contributed by atoms with Crippen LogP contribution < -0.4 is 20.2 Å². The van der Waals surface area contributed by atoms with Crippen LogP contribution in [0.4, 0.5) is 5.69 Å². The molecule has 1 aromatic carbocycles. The standard InChI is InChI=1S/C27H18BrN5O3S3/c1-15-21(23(34)32-16-7-3-2-4-8-16)22(19-9-5-12-37-19)33-24(35)20(38-27(33)31-15)14-17-13-18(28)25(36-17)39-26-29-10-6-11-30-26/h2-14,22H,1H3,(H,32,34)/b20-14+/t22-/m1/s1. The van der Waals surface area contributed by atoms with Gasteiger partial charge in [0.05, 0.1) is 20.3 Å². The molecule has 0 aliphatic carbocycles. The molecule has 5 aromatic rings. The fraction of sp³-hybridized carbons (Fsp3) is 0.0741. The number of nitrogens with zero attached hydrogens (tertiary/aromatic N) is 4. The number of carbonyl (C=O) groups excluding carboxylic acids is 1. The number of thiazole rings is 1. The lowest BCUT2D eigenvalue weighted by Crippen LogP contribution is -2.40. The maximum Gasteiger partial charge on any atom is 0.271 e. The van der Waals surface area contributed by atoms with Crippen LogP contribution in [0.25, 0.3) is 6.08 Å². The summed E-state index contributed by atoms with van der Waals surface area (Å²) in [6.45, 7) is 1.80. The van der Waals surface area contributed by atoms with Gasteiger partial charge in [-0.05, 0) is 70.3 Å². The lowest BCUT2D eigenvalue weighted by molar-refractivity contribution is -0.113. The van der Waals surface area contributed by atoms with Gasteiger partial charge in [-0.25, -0.2) is 15.0 Å². The number of fused-ring (bicyclic) bond motifs is 1. The third-order valence-corrected chi connectivity index (χ3v) is 9.43. The molecule has 39 heavy (non-hydrogen) atoms. The molecule has 0 spiro atoms. The number of amides is 1. The van der Waals surface area contributed by atoms with E-state index in [1.807, 2.05) is 47.8 Å². The first-order chi connectivity index (χ1) is 19.0. The lowest BCUT2D eigenvalue weighted by Gasteiger charge is -2.24. The van der Waals surface area contributed by atoms with Crippen molar-refractivity contribution >= 4 is 68.0 Å². The van der Waals surface area contributed by atoms with E-state index in [1.54, 1.807) is 42.1 Å². The van der Waals surface area contributed by atoms with Gasteiger partial charge in [-0.3, -0.25) is 14.2 Å². The summed E-state index contributed by atoms with van der Waals surface area (Å²) in [4.78, 5) is 41.8. The van der Waals surface area contributed by atoms with Crippen LogP contribution in [-0.4, -0.2) is 20.4 Å². The molecule has 0 fully saturated rings. The van der Waals surface area contributed by atoms with E-state index in [4.69, 9.17) is 4.42 Å². The highest BCUT2D eigenvalue weighted by Crippen LogP contribution is 2.35. The van der Waals surface area contributed by atoms with Gasteiger partial charge in [0.2, 0.25) is 0 Å². The predicted octanol–water partition coefficient (Wildman–Crippen LogP) is 5.23. The van der Waals surface area contributed by atoms with Crippen molar-refractivity contribution in [2.24, 2.45) is 4.99 Å². The Bertz CT molecular complexity index is 1880. The average molecular weight is 637 g/mol. The SMILES string of the molecule is CC1=C(C(=O)Nc2ccccc2)[C@@H](c2cccs2)n2c(s/c(=C/c3cc(Br)c(Sc4ncccn4)o3)c2=O)=N1. The van der Waals surface area contributed by atoms with Gasteiger partial charge in [0.1, 0.15) is 11.8 Å². The smallest absolute Gasteiger partial charge is 0.271 e. The van der Waals surface area contributed by atoms with Crippen LogP contribution in [-0.2, 0) is 4.79 Å². The van der Waals surface area contributed by atoms with Crippen molar-refractivity contribution in [3.05, 3.63) is 118 Å². The number of halogens is 1. The average Bonchev–Trinajstić information content (AvgIpc) is 3.65. The Hall–Kier alpha value is -3.58. The quantitative estimate of drug-likeness (QED) is 0.256. The van der Waals surface area contributed by atoms with Gasteiger partial charge in [-0.1, -0.05) is 35.6 Å². The normalized spacial score (nSPS) is 15.2. The van der Waals surface area contributed by atoms with E-state index in [2.05, 4.69) is 36.2 Å². The third-order valence-electron chi connectivity index (χ3n) is 5.78. The summed E-state index contributed by atoms with van der Waals surface area (Å²) in [5.41, 5.74) is 1.42. The summed E-state index contributed by atoms with van der Waals surface area (Å²) < 4.78 is 8.76. The number of nitrogens with one attached hydrogen (secondary N) is 1. The fourth-order valence-electron chi connectivity index (χ4n) is 4.11. The van der Waals surface area contributed by atoms with Gasteiger partial charge < -0.3 is 9.73 Å². The van der Waals surface area contributed by atoms with E-state index < -0.39 is 6.04 Å². The Morgan fingerprint density at radius 3 is 2.69 bits per heavy atom. The zero-order valence-corrected chi connectivity index (χ0v) is 24.2. The van der Waals surface area contributed by atoms with Crippen molar-refractivity contribution in [3.63, 3.8) is 0 Å². The molecule has 1 amide bonds. The van der Waals surface area contributed by atoms with E-state index in [-0.39, 0.29) is 11.5 Å². The first-order valence-electron chi connectivity index (χ1n) is 11.6. The first kappa shape index (κ1) is 25.7. The molecule has 1 aliphatic heterocycles. The Kier molecular flexibility index (Phi) is 7.17. The molecule has 4 aromatic heterocycles. The maximum atomic E-state index is 13.8. The van der Waals surface area contributed by atoms with E-state index >= 15 is 0 Å². The lowest BCUT2D eigenvalue weighted by atomic mass is 10.0. The van der Waals surface area contributed by atoms with Crippen LogP contribution in [0.3, 0.4) is 0 Å². The Morgan fingerprint density at radius 2 is 1.95 bits per heavy atom. The third kappa shape index (κ3) is 5.20. The summed E-state index contributed by atoms with van der Waals surface area (Å²) in [7, 11) is 0. The monoisotopic (exact) mass is 635 g/mol. The van der Waals surface area contributed by atoms with E-state index in [1.165, 1.54) is 34.4 Å². The molecule has 12 heteroatoms. The largest absolute Gasteiger partial charge is 0.449 e. The Balaban J connectivity index is 1.41. The van der Waals surface area contributed by atoms with Gasteiger partial charge in [0.25, 0.3) is 11.5 Å². The number of furan rings is 1. The molecule has 0 saturated carbocycles. The molecule has 0 saturated heterocycles. The highest BCUT2D eigenvalue weighted by Gasteiger charge is 2.33. The highest BCUT2D eigenvalue weighted by atomic mass is 79.9. The number of benzene rings is 1. The number of aromatic nitrogens is 3. The van der Waals surface area contributed by atoms with Gasteiger partial charge in [0, 0.05) is 29.0 Å². The summed E-state index contributed by atoms with van der Waals surface area (Å²) in [6.07, 6.45) is 5.02. The van der Waals surface area contributed by atoms with Crippen molar-refractivity contribution in [1.29, 1.82) is 0 Å². The molecule has 194 valence electrons. The Labute approximate surface area is 242 Å². The molecule has 0 radical (unpaired) electrons. The molecule has 1 aliphatic rings. The molecule has 5 heterocycles. The molecule has 8 nitrogen and oxygen atoms in total. The van der Waals surface area contributed by atoms with Gasteiger partial charge in [-0.2, -0.15) is 0 Å². The topological polar surface area (TPSA) is 102 Å². The minimum atomic E-state index is -0.600. The second-order valence-corrected chi connectivity index (χ2v) is 12.1. The molecular weight excluding hydrogens is 618 g/mol. The molecule has 0 unspecified atom stereocenters. The summed E-state index contributed by atoms with van der Waals surface area (Å²) in [5.74, 6) is 0.200. The number of rotatable bonds is 6. The minimum Gasteiger partial charge on any atom is -0.449 e. The zero-order chi connectivity index (χ0) is 26.9. The highest BCUT2D eigenvalue weighted by molar-refractivity contribution is 9.10. The van der Waals surface area contributed by atoms with Crippen LogP contribution in [0.5, 0.6) is 0 Å². The van der Waals surface area contributed by atoms with Crippen LogP contribution >= 0.6 is 50.4 Å². The Morgan fingerprint density at radius 1 is 1.15 bits per heavy atom. The van der Waals surface area contributed by atoms with E-state index in [0.29, 0.717) is 42.3 Å². The summed E-state index contributed by atoms with van der Waals surface area (Å²) in [6, 6.07) is 16.0. The van der Waals surface area contributed by atoms with Gasteiger partial charge in [0.15, 0.2) is 15.1 Å². The molecule has 1 atom stereocenters. The predicted molar refractivity (Wildman–Crippen MR) is 156 cm³/mol. The second-order valence-electron chi connectivity index (χ2n) is 8.33. The number of allylic oxidation sites excluding steroid dienone is 1. The zero-order valence-electron chi connectivity index (χ0n) is 20.2. The van der Waals surface area contributed by atoms with Crippen LogP contribution in [0, 0.1) is 0 Å². The minimum absolute atomic E-state index is 0.247. The van der Waals surface area contributed by atoms with Crippen molar-refractivity contribution < 1.29 is 9.21 Å². The molecule has 6 rings (SSSR count). The van der Waals surface area contributed by atoms with Crippen molar-refractivity contribution in [2.45, 2.75) is 23.2 Å². The van der Waals surface area contributed by atoms with Crippen LogP contribution in [0.15, 0.2) is 113 Å². The van der Waals surface area contributed by atoms with Crippen molar-refractivity contribution in [3.8, 4) is 0 Å². The van der Waals surface area contributed by atoms with Gasteiger partial charge >= 0.3 is 0 Å².